The van der Waals surface area contributed by atoms with E-state index in [4.69, 9.17) is 13.8 Å². The third-order valence-corrected chi connectivity index (χ3v) is 4.17. The van der Waals surface area contributed by atoms with Gasteiger partial charge in [-0.3, -0.25) is 19.0 Å². The number of carbonyl (C=O) groups is 2. The molecule has 0 aliphatic rings. The van der Waals surface area contributed by atoms with Gasteiger partial charge >= 0.3 is 8.25 Å². The Kier molecular flexibility index (Phi) is 10.3. The van der Waals surface area contributed by atoms with Gasteiger partial charge in [0, 0.05) is 19.3 Å². The molecule has 0 bridgehead atoms. The second kappa shape index (κ2) is 12.2. The van der Waals surface area contributed by atoms with Crippen LogP contribution in [0, 0.1) is 0 Å². The molecular weight excluding hydrogens is 359 g/mol. The van der Waals surface area contributed by atoms with Gasteiger partial charge < -0.3 is 14.6 Å². The first-order valence-corrected chi connectivity index (χ1v) is 9.40. The van der Waals surface area contributed by atoms with E-state index in [9.17, 15) is 14.2 Å². The summed E-state index contributed by atoms with van der Waals surface area (Å²) >= 11 is 0. The summed E-state index contributed by atoms with van der Waals surface area (Å²) < 4.78 is 28.1. The zero-order valence-electron chi connectivity index (χ0n) is 15.1. The zero-order valence-corrected chi connectivity index (χ0v) is 16.1. The monoisotopic (exact) mass is 384 g/mol. The van der Waals surface area contributed by atoms with E-state index in [0.717, 1.165) is 0 Å². The van der Waals surface area contributed by atoms with Crippen LogP contribution in [0.3, 0.4) is 0 Å². The standard InChI is InChI=1S/C17H25N2O6P/c1-4-15(12-23-26(22)25-16-8-6-5-7-9-16)24-14(2)19(13-20)11-10-17(21)18-3/h5-11,13-15,26H,4,12H2,1-3H3,(H,18,21)/b11-10-. The first-order valence-electron chi connectivity index (χ1n) is 8.17. The van der Waals surface area contributed by atoms with Gasteiger partial charge in [-0.05, 0) is 25.5 Å². The van der Waals surface area contributed by atoms with E-state index in [1.54, 1.807) is 31.2 Å². The topological polar surface area (TPSA) is 94.2 Å². The number of carbonyl (C=O) groups excluding carboxylic acids is 2. The lowest BCUT2D eigenvalue weighted by Gasteiger charge is -2.26. The number of rotatable bonds is 12. The second-order valence-corrected chi connectivity index (χ2v) is 6.22. The summed E-state index contributed by atoms with van der Waals surface area (Å²) in [5.74, 6) is 0.126. The molecule has 1 aromatic carbocycles. The average Bonchev–Trinajstić information content (AvgIpc) is 2.66. The molecule has 26 heavy (non-hydrogen) atoms. The molecule has 2 amide bonds. The van der Waals surface area contributed by atoms with Gasteiger partial charge in [0.2, 0.25) is 12.3 Å². The Morgan fingerprint density at radius 1 is 1.35 bits per heavy atom. The van der Waals surface area contributed by atoms with Crippen molar-refractivity contribution in [3.8, 4) is 5.75 Å². The third-order valence-electron chi connectivity index (χ3n) is 3.36. The number of benzene rings is 1. The fourth-order valence-electron chi connectivity index (χ4n) is 1.86. The fourth-order valence-corrected chi connectivity index (χ4v) is 2.57. The van der Waals surface area contributed by atoms with Crippen molar-refractivity contribution < 1.29 is 27.9 Å². The van der Waals surface area contributed by atoms with Gasteiger partial charge in [0.15, 0.2) is 0 Å². The number of nitrogens with one attached hydrogen (secondary N) is 1. The molecule has 8 nitrogen and oxygen atoms in total. The molecule has 3 atom stereocenters. The van der Waals surface area contributed by atoms with Crippen molar-refractivity contribution in [3.63, 3.8) is 0 Å². The molecule has 0 aromatic heterocycles. The number of hydrogen-bond acceptors (Lipinski definition) is 6. The highest BCUT2D eigenvalue weighted by atomic mass is 31.1. The summed E-state index contributed by atoms with van der Waals surface area (Å²) in [7, 11) is -1.22. The van der Waals surface area contributed by atoms with Crippen LogP contribution in [0.1, 0.15) is 20.3 Å². The van der Waals surface area contributed by atoms with Crippen LogP contribution in [0.4, 0.5) is 0 Å². The highest BCUT2D eigenvalue weighted by Gasteiger charge is 2.17. The Hall–Kier alpha value is -2.15. The van der Waals surface area contributed by atoms with Crippen LogP contribution >= 0.6 is 8.25 Å². The van der Waals surface area contributed by atoms with Crippen molar-refractivity contribution in [2.45, 2.75) is 32.6 Å². The minimum absolute atomic E-state index is 0.0529. The molecule has 0 radical (unpaired) electrons. The van der Waals surface area contributed by atoms with Crippen molar-refractivity contribution in [1.29, 1.82) is 0 Å². The van der Waals surface area contributed by atoms with Crippen LogP contribution in [0.2, 0.25) is 0 Å². The normalized spacial score (nSPS) is 14.4. The smallest absolute Gasteiger partial charge is 0.367 e. The average molecular weight is 384 g/mol. The van der Waals surface area contributed by atoms with Crippen LogP contribution in [0.5, 0.6) is 5.75 Å². The van der Waals surface area contributed by atoms with E-state index < -0.39 is 20.6 Å². The number of ether oxygens (including phenoxy) is 1. The number of amides is 2. The van der Waals surface area contributed by atoms with Gasteiger partial charge in [0.05, 0.1) is 12.7 Å². The molecule has 0 heterocycles. The largest absolute Gasteiger partial charge is 0.426 e. The van der Waals surface area contributed by atoms with Crippen LogP contribution in [0.15, 0.2) is 42.6 Å². The van der Waals surface area contributed by atoms with Crippen molar-refractivity contribution >= 4 is 20.6 Å². The zero-order chi connectivity index (χ0) is 19.4. The van der Waals surface area contributed by atoms with E-state index in [2.05, 4.69) is 5.32 Å². The Balaban J connectivity index is 2.49. The molecule has 9 heteroatoms. The predicted octanol–water partition coefficient (Wildman–Crippen LogP) is 2.33. The van der Waals surface area contributed by atoms with Crippen LogP contribution in [0.25, 0.3) is 0 Å². The molecule has 1 N–H and O–H groups in total. The van der Waals surface area contributed by atoms with Gasteiger partial charge in [-0.25, -0.2) is 4.57 Å². The van der Waals surface area contributed by atoms with Crippen molar-refractivity contribution in [1.82, 2.24) is 10.2 Å². The van der Waals surface area contributed by atoms with Gasteiger partial charge in [-0.1, -0.05) is 25.1 Å². The maximum Gasteiger partial charge on any atom is 0.367 e. The van der Waals surface area contributed by atoms with E-state index >= 15 is 0 Å². The van der Waals surface area contributed by atoms with Gasteiger partial charge in [-0.2, -0.15) is 0 Å². The number of hydrogen-bond donors (Lipinski definition) is 1. The summed E-state index contributed by atoms with van der Waals surface area (Å²) in [6.07, 6.45) is 2.66. The molecule has 0 saturated heterocycles. The van der Waals surface area contributed by atoms with E-state index in [-0.39, 0.29) is 12.5 Å². The third kappa shape index (κ3) is 8.29. The predicted molar refractivity (Wildman–Crippen MR) is 97.8 cm³/mol. The molecule has 0 aliphatic carbocycles. The van der Waals surface area contributed by atoms with E-state index in [0.29, 0.717) is 18.6 Å². The highest BCUT2D eigenvalue weighted by Crippen LogP contribution is 2.28. The number of para-hydroxylation sites is 1. The van der Waals surface area contributed by atoms with Gasteiger partial charge in [-0.15, -0.1) is 0 Å². The molecule has 0 saturated carbocycles. The summed E-state index contributed by atoms with van der Waals surface area (Å²) in [5.41, 5.74) is 0. The Bertz CT molecular complexity index is 611. The summed E-state index contributed by atoms with van der Waals surface area (Å²) in [6.45, 7) is 3.59. The minimum Gasteiger partial charge on any atom is -0.426 e. The van der Waals surface area contributed by atoms with Gasteiger partial charge in [0.1, 0.15) is 12.0 Å². The number of likely N-dealkylation sites (N-methyl/N-ethyl adjacent to an activating group) is 1. The maximum absolute atomic E-state index is 11.9. The van der Waals surface area contributed by atoms with Gasteiger partial charge in [0.25, 0.3) is 0 Å². The van der Waals surface area contributed by atoms with Crippen LogP contribution in [-0.2, 0) is 23.4 Å². The molecule has 3 unspecified atom stereocenters. The number of nitrogens with zero attached hydrogens (tertiary/aromatic N) is 1. The lowest BCUT2D eigenvalue weighted by molar-refractivity contribution is -0.132. The van der Waals surface area contributed by atoms with Crippen molar-refractivity contribution in [2.24, 2.45) is 0 Å². The van der Waals surface area contributed by atoms with E-state index in [1.807, 2.05) is 13.0 Å². The quantitative estimate of drug-likeness (QED) is 0.257. The van der Waals surface area contributed by atoms with E-state index in [1.165, 1.54) is 24.2 Å². The highest BCUT2D eigenvalue weighted by molar-refractivity contribution is 7.33. The first-order chi connectivity index (χ1) is 12.5. The summed E-state index contributed by atoms with van der Waals surface area (Å²) in [5, 5.41) is 2.41. The first kappa shape index (κ1) is 21.9. The summed E-state index contributed by atoms with van der Waals surface area (Å²) in [6, 6.07) is 8.73. The molecule has 144 valence electrons. The molecule has 1 rings (SSSR count). The molecule has 0 aliphatic heterocycles. The molecule has 0 spiro atoms. The Morgan fingerprint density at radius 2 is 2.04 bits per heavy atom. The second-order valence-electron chi connectivity index (χ2n) is 5.22. The summed E-state index contributed by atoms with van der Waals surface area (Å²) in [4.78, 5) is 23.6. The SMILES string of the molecule is CCC(CO[PH](=O)Oc1ccccc1)OC(C)N(C=O)/C=C\C(=O)NC. The minimum atomic E-state index is -2.71. The Morgan fingerprint density at radius 3 is 2.62 bits per heavy atom. The molecule has 1 aromatic rings. The van der Waals surface area contributed by atoms with Crippen LogP contribution in [-0.4, -0.2) is 43.2 Å². The maximum atomic E-state index is 11.9. The van der Waals surface area contributed by atoms with Crippen molar-refractivity contribution in [2.75, 3.05) is 13.7 Å². The Labute approximate surface area is 154 Å². The van der Waals surface area contributed by atoms with Crippen molar-refractivity contribution in [3.05, 3.63) is 42.6 Å². The lowest BCUT2D eigenvalue weighted by Crippen LogP contribution is -2.34. The lowest BCUT2D eigenvalue weighted by atomic mass is 10.3. The molecular formula is C17H25N2O6P. The molecule has 0 fully saturated rings. The fraction of sp³-hybridized carbons (Fsp3) is 0.412. The van der Waals surface area contributed by atoms with Crippen LogP contribution < -0.4 is 9.84 Å².